The van der Waals surface area contributed by atoms with Gasteiger partial charge >= 0.3 is 0 Å². The molecule has 5 heteroatoms. The van der Waals surface area contributed by atoms with Crippen LogP contribution in [0.25, 0.3) is 0 Å². The highest BCUT2D eigenvalue weighted by Crippen LogP contribution is 2.67. The van der Waals surface area contributed by atoms with Crippen LogP contribution < -0.4 is 4.74 Å². The van der Waals surface area contributed by atoms with Crippen molar-refractivity contribution in [1.29, 1.82) is 0 Å². The molecule has 4 aliphatic carbocycles. The number of hydrogen-bond donors (Lipinski definition) is 0. The summed E-state index contributed by atoms with van der Waals surface area (Å²) < 4.78 is 9.68. The Bertz CT molecular complexity index is 766. The van der Waals surface area contributed by atoms with Crippen molar-refractivity contribution in [2.45, 2.75) is 76.4 Å². The van der Waals surface area contributed by atoms with Crippen molar-refractivity contribution in [2.75, 3.05) is 27.2 Å². The fraction of sp³-hybridized carbons (Fsp3) is 0.769. The van der Waals surface area contributed by atoms with Gasteiger partial charge in [0.05, 0.1) is 4.75 Å². The summed E-state index contributed by atoms with van der Waals surface area (Å²) in [6, 6.07) is 4.67. The molecule has 0 saturated heterocycles. The highest BCUT2D eigenvalue weighted by Gasteiger charge is 2.60. The maximum atomic E-state index is 11.7. The molecular weight excluding hydrogens is 404 g/mol. The Labute approximate surface area is 193 Å². The summed E-state index contributed by atoms with van der Waals surface area (Å²) in [6.07, 6.45) is 8.75. The molecule has 0 amide bonds. The summed E-state index contributed by atoms with van der Waals surface area (Å²) in [5.74, 6) is 4.41. The smallest absolute Gasteiger partial charge is 0.122 e. The lowest BCUT2D eigenvalue weighted by atomic mass is 9.48. The monoisotopic (exact) mass is 444 g/mol. The SMILES string of the molecule is CCCc1cc(C(C)C2(SN=O)C3CC4CC(C3)CC2C4)c(C)cc1OCCN(C)C. The summed E-state index contributed by atoms with van der Waals surface area (Å²) in [4.78, 5) is 13.9. The van der Waals surface area contributed by atoms with E-state index in [2.05, 4.69) is 56.5 Å². The minimum Gasteiger partial charge on any atom is -0.492 e. The molecule has 5 rings (SSSR count). The minimum absolute atomic E-state index is 0.0310. The van der Waals surface area contributed by atoms with Crippen LogP contribution in [-0.2, 0) is 6.42 Å². The third-order valence-electron chi connectivity index (χ3n) is 8.52. The van der Waals surface area contributed by atoms with E-state index in [-0.39, 0.29) is 4.75 Å². The Hall–Kier alpha value is -1.07. The molecule has 0 spiro atoms. The lowest BCUT2D eigenvalue weighted by Crippen LogP contribution is -2.57. The summed E-state index contributed by atoms with van der Waals surface area (Å²) in [7, 11) is 4.16. The second-order valence-corrected chi connectivity index (χ2v) is 11.8. The van der Waals surface area contributed by atoms with E-state index < -0.39 is 0 Å². The van der Waals surface area contributed by atoms with Crippen molar-refractivity contribution >= 4 is 11.9 Å². The molecule has 4 nitrogen and oxygen atoms in total. The van der Waals surface area contributed by atoms with Crippen molar-refractivity contribution in [1.82, 2.24) is 4.90 Å². The number of benzene rings is 1. The number of nitroso groups, excluding NO2 is 1. The van der Waals surface area contributed by atoms with Gasteiger partial charge in [0.1, 0.15) is 12.4 Å². The van der Waals surface area contributed by atoms with Gasteiger partial charge < -0.3 is 9.64 Å². The fourth-order valence-corrected chi connectivity index (χ4v) is 8.41. The average molecular weight is 445 g/mol. The van der Waals surface area contributed by atoms with E-state index in [0.717, 1.165) is 37.0 Å². The predicted molar refractivity (Wildman–Crippen MR) is 131 cm³/mol. The van der Waals surface area contributed by atoms with Crippen LogP contribution in [-0.4, -0.2) is 36.9 Å². The zero-order chi connectivity index (χ0) is 22.2. The van der Waals surface area contributed by atoms with Gasteiger partial charge in [0, 0.05) is 23.1 Å². The third-order valence-corrected chi connectivity index (χ3v) is 9.93. The van der Waals surface area contributed by atoms with Gasteiger partial charge in [-0.25, -0.2) is 0 Å². The topological polar surface area (TPSA) is 41.9 Å². The minimum atomic E-state index is -0.0310. The van der Waals surface area contributed by atoms with Crippen molar-refractivity contribution in [3.8, 4) is 5.75 Å². The number of rotatable bonds is 10. The highest BCUT2D eigenvalue weighted by molar-refractivity contribution is 7.99. The Morgan fingerprint density at radius 1 is 1.16 bits per heavy atom. The van der Waals surface area contributed by atoms with Gasteiger partial charge in [-0.15, -0.1) is 4.91 Å². The van der Waals surface area contributed by atoms with Gasteiger partial charge in [0.2, 0.25) is 0 Å². The van der Waals surface area contributed by atoms with Crippen LogP contribution in [0.15, 0.2) is 16.7 Å². The molecule has 0 heterocycles. The third kappa shape index (κ3) is 4.29. The summed E-state index contributed by atoms with van der Waals surface area (Å²) in [5, 5.41) is 0. The van der Waals surface area contributed by atoms with Crippen LogP contribution in [0.1, 0.15) is 75.0 Å². The predicted octanol–water partition coefficient (Wildman–Crippen LogP) is 6.60. The molecule has 1 atom stereocenters. The Morgan fingerprint density at radius 2 is 1.81 bits per heavy atom. The van der Waals surface area contributed by atoms with Crippen molar-refractivity contribution in [3.05, 3.63) is 33.7 Å². The highest BCUT2D eigenvalue weighted by atomic mass is 32.2. The molecule has 0 aliphatic heterocycles. The number of likely N-dealkylation sites (N-methyl/N-ethyl adjacent to an activating group) is 1. The van der Waals surface area contributed by atoms with Crippen LogP contribution in [0, 0.1) is 35.5 Å². The van der Waals surface area contributed by atoms with Crippen LogP contribution in [0.4, 0.5) is 0 Å². The maximum Gasteiger partial charge on any atom is 0.122 e. The van der Waals surface area contributed by atoms with E-state index in [0.29, 0.717) is 24.4 Å². The molecule has 4 aliphatic rings. The van der Waals surface area contributed by atoms with Crippen molar-refractivity contribution in [3.63, 3.8) is 0 Å². The zero-order valence-corrected chi connectivity index (χ0v) is 20.8. The van der Waals surface area contributed by atoms with Gasteiger partial charge in [-0.2, -0.15) is 0 Å². The van der Waals surface area contributed by atoms with Gasteiger partial charge in [-0.3, -0.25) is 0 Å². The van der Waals surface area contributed by atoms with Crippen LogP contribution in [0.5, 0.6) is 5.75 Å². The summed E-state index contributed by atoms with van der Waals surface area (Å²) in [6.45, 7) is 8.46. The van der Waals surface area contributed by atoms with E-state index in [4.69, 9.17) is 4.74 Å². The first-order valence-electron chi connectivity index (χ1n) is 12.3. The molecule has 172 valence electrons. The van der Waals surface area contributed by atoms with Crippen molar-refractivity contribution < 1.29 is 4.74 Å². The first-order chi connectivity index (χ1) is 14.9. The molecule has 1 aromatic carbocycles. The van der Waals surface area contributed by atoms with E-state index in [9.17, 15) is 4.91 Å². The lowest BCUT2D eigenvalue weighted by molar-refractivity contribution is -0.0250. The molecule has 0 aromatic heterocycles. The Morgan fingerprint density at radius 3 is 2.35 bits per heavy atom. The molecule has 1 unspecified atom stereocenters. The number of hydrogen-bond acceptors (Lipinski definition) is 5. The average Bonchev–Trinajstić information content (AvgIpc) is 2.71. The first kappa shape index (κ1) is 23.1. The Balaban J connectivity index is 1.67. The molecule has 4 bridgehead atoms. The zero-order valence-electron chi connectivity index (χ0n) is 20.0. The first-order valence-corrected chi connectivity index (χ1v) is 13.1. The van der Waals surface area contributed by atoms with Crippen LogP contribution in [0.2, 0.25) is 0 Å². The molecule has 0 N–H and O–H groups in total. The quantitative estimate of drug-likeness (QED) is 0.301. The number of ether oxygens (including phenoxy) is 1. The van der Waals surface area contributed by atoms with E-state index in [1.165, 1.54) is 60.7 Å². The molecule has 4 fully saturated rings. The Kier molecular flexibility index (Phi) is 7.02. The van der Waals surface area contributed by atoms with Gasteiger partial charge in [-0.05, 0) is 112 Å². The molecule has 4 saturated carbocycles. The van der Waals surface area contributed by atoms with E-state index in [1.807, 2.05) is 0 Å². The summed E-state index contributed by atoms with van der Waals surface area (Å²) >= 11 is 1.40. The molecule has 1 aromatic rings. The van der Waals surface area contributed by atoms with Crippen molar-refractivity contribution in [2.24, 2.45) is 28.3 Å². The molecule has 0 radical (unpaired) electrons. The summed E-state index contributed by atoms with van der Waals surface area (Å²) in [5.41, 5.74) is 4.02. The fourth-order valence-electron chi connectivity index (χ4n) is 7.31. The normalized spacial score (nSPS) is 32.5. The lowest BCUT2D eigenvalue weighted by Gasteiger charge is -2.62. The maximum absolute atomic E-state index is 11.7. The van der Waals surface area contributed by atoms with Gasteiger partial charge in [0.25, 0.3) is 0 Å². The second kappa shape index (κ2) is 9.43. The van der Waals surface area contributed by atoms with Gasteiger partial charge in [-0.1, -0.05) is 26.3 Å². The molecular formula is C26H40N2O2S. The molecule has 31 heavy (non-hydrogen) atoms. The number of aryl methyl sites for hydroxylation is 2. The standard InChI is InChI=1S/C26H40N2O2S/c1-6-7-21-16-24(17(2)10-25(21)30-9-8-28(4)5)18(3)26(31-27-29)22-12-19-11-20(14-22)15-23(26)13-19/h10,16,18-20,22-23H,6-9,11-15H2,1-5H3. The van der Waals surface area contributed by atoms with E-state index >= 15 is 0 Å². The van der Waals surface area contributed by atoms with Gasteiger partial charge in [0.15, 0.2) is 0 Å². The second-order valence-electron chi connectivity index (χ2n) is 10.8. The van der Waals surface area contributed by atoms with E-state index in [1.54, 1.807) is 0 Å². The number of nitrogens with zero attached hydrogens (tertiary/aromatic N) is 2. The largest absolute Gasteiger partial charge is 0.492 e. The van der Waals surface area contributed by atoms with Crippen LogP contribution in [0.3, 0.4) is 0 Å². The van der Waals surface area contributed by atoms with Crippen LogP contribution >= 0.6 is 11.9 Å².